The topological polar surface area (TPSA) is 65.1 Å². The van der Waals surface area contributed by atoms with Gasteiger partial charge in [-0.05, 0) is 48.1 Å². The van der Waals surface area contributed by atoms with Crippen LogP contribution in [0.5, 0.6) is 5.75 Å². The average Bonchev–Trinajstić information content (AvgIpc) is 3.13. The number of nitrogens with zero attached hydrogens (tertiary/aromatic N) is 2. The third-order valence-corrected chi connectivity index (χ3v) is 7.89. The van der Waals surface area contributed by atoms with Crippen molar-refractivity contribution in [3.8, 4) is 5.75 Å². The molecular weight excluding hydrogens is 489 g/mol. The molecule has 0 saturated carbocycles. The van der Waals surface area contributed by atoms with Gasteiger partial charge in [-0.1, -0.05) is 30.3 Å². The van der Waals surface area contributed by atoms with Crippen LogP contribution in [0.25, 0.3) is 10.1 Å². The summed E-state index contributed by atoms with van der Waals surface area (Å²) >= 11 is -1.07. The van der Waals surface area contributed by atoms with Gasteiger partial charge in [0.2, 0.25) is 0 Å². The standard InChI is InChI=1S/C23H25F3N2O4S2/c1-16-20-4-2-3-5-21(20)33-22(16)28(34(29)30)15-18(27-10-12-31-13-11-27)14-17-6-8-19(9-7-17)32-23(24,25)26/h2-9,18H,10-15H2,1H3,(H,29,30)/p-1. The van der Waals surface area contributed by atoms with E-state index in [9.17, 15) is 21.9 Å². The minimum absolute atomic E-state index is 0.194. The van der Waals surface area contributed by atoms with Gasteiger partial charge in [-0.3, -0.25) is 13.4 Å². The molecule has 0 N–H and O–H groups in total. The van der Waals surface area contributed by atoms with Crippen LogP contribution in [-0.2, 0) is 22.4 Å². The first kappa shape index (κ1) is 24.9. The van der Waals surface area contributed by atoms with Crippen molar-refractivity contribution in [1.82, 2.24) is 4.90 Å². The molecular formula is C23H24F3N2O4S2-. The van der Waals surface area contributed by atoms with E-state index in [4.69, 9.17) is 4.74 Å². The van der Waals surface area contributed by atoms with E-state index in [0.717, 1.165) is 21.2 Å². The largest absolute Gasteiger partial charge is 0.755 e. The number of aryl methyl sites for hydroxylation is 1. The second kappa shape index (κ2) is 10.6. The molecule has 2 heterocycles. The summed E-state index contributed by atoms with van der Waals surface area (Å²) in [7, 11) is 0. The summed E-state index contributed by atoms with van der Waals surface area (Å²) in [6.45, 7) is 4.49. The lowest BCUT2D eigenvalue weighted by atomic mass is 10.0. The number of benzene rings is 2. The second-order valence-corrected chi connectivity index (χ2v) is 9.91. The predicted octanol–water partition coefficient (Wildman–Crippen LogP) is 4.65. The van der Waals surface area contributed by atoms with Gasteiger partial charge >= 0.3 is 6.36 Å². The van der Waals surface area contributed by atoms with Crippen LogP contribution < -0.4 is 9.04 Å². The molecule has 1 aliphatic heterocycles. The summed E-state index contributed by atoms with van der Waals surface area (Å²) in [5.41, 5.74) is 1.69. The van der Waals surface area contributed by atoms with Crippen LogP contribution in [0.3, 0.4) is 0 Å². The van der Waals surface area contributed by atoms with E-state index >= 15 is 0 Å². The van der Waals surface area contributed by atoms with Gasteiger partial charge < -0.3 is 14.0 Å². The molecule has 184 valence electrons. The van der Waals surface area contributed by atoms with Gasteiger partial charge in [0.25, 0.3) is 0 Å². The van der Waals surface area contributed by atoms with Crippen LogP contribution in [-0.4, -0.2) is 58.9 Å². The minimum atomic E-state index is -4.75. The van der Waals surface area contributed by atoms with E-state index in [1.54, 1.807) is 12.1 Å². The summed E-state index contributed by atoms with van der Waals surface area (Å²) < 4.78 is 73.9. The maximum atomic E-state index is 12.5. The highest BCUT2D eigenvalue weighted by atomic mass is 32.2. The molecule has 0 spiro atoms. The summed E-state index contributed by atoms with van der Waals surface area (Å²) in [6, 6.07) is 13.3. The molecule has 4 rings (SSSR count). The van der Waals surface area contributed by atoms with E-state index < -0.39 is 17.6 Å². The third-order valence-electron chi connectivity index (χ3n) is 5.79. The Hall–Kier alpha value is -2.18. The van der Waals surface area contributed by atoms with Crippen molar-refractivity contribution in [3.63, 3.8) is 0 Å². The molecule has 1 aromatic heterocycles. The first-order valence-electron chi connectivity index (χ1n) is 10.7. The van der Waals surface area contributed by atoms with Gasteiger partial charge in [0.05, 0.1) is 13.2 Å². The summed E-state index contributed by atoms with van der Waals surface area (Å²) in [5, 5.41) is 1.68. The normalized spacial score (nSPS) is 17.0. The minimum Gasteiger partial charge on any atom is -0.755 e. The number of alkyl halides is 3. The van der Waals surface area contributed by atoms with Gasteiger partial charge in [0.1, 0.15) is 10.8 Å². The molecule has 11 heteroatoms. The summed E-state index contributed by atoms with van der Waals surface area (Å²) in [6.07, 6.45) is -4.29. The number of ether oxygens (including phenoxy) is 2. The molecule has 6 nitrogen and oxygen atoms in total. The summed E-state index contributed by atoms with van der Waals surface area (Å²) in [4.78, 5) is 2.17. The zero-order valence-corrected chi connectivity index (χ0v) is 20.0. The second-order valence-electron chi connectivity index (χ2n) is 8.00. The van der Waals surface area contributed by atoms with Crippen LogP contribution in [0.1, 0.15) is 11.1 Å². The number of thiophene rings is 1. The van der Waals surface area contributed by atoms with Crippen LogP contribution in [0.15, 0.2) is 48.5 Å². The zero-order valence-electron chi connectivity index (χ0n) is 18.4. The van der Waals surface area contributed by atoms with Crippen molar-refractivity contribution in [2.24, 2.45) is 0 Å². The molecule has 2 unspecified atom stereocenters. The van der Waals surface area contributed by atoms with Crippen LogP contribution >= 0.6 is 11.3 Å². The number of anilines is 1. The van der Waals surface area contributed by atoms with Gasteiger partial charge in [-0.2, -0.15) is 0 Å². The molecule has 0 radical (unpaired) electrons. The van der Waals surface area contributed by atoms with E-state index in [-0.39, 0.29) is 18.3 Å². The molecule has 3 aromatic rings. The number of fused-ring (bicyclic) bond motifs is 1. The smallest absolute Gasteiger partial charge is 0.573 e. The average molecular weight is 514 g/mol. The lowest BCUT2D eigenvalue weighted by Crippen LogP contribution is -2.50. The molecule has 0 amide bonds. The maximum Gasteiger partial charge on any atom is 0.573 e. The fourth-order valence-corrected chi connectivity index (χ4v) is 6.14. The van der Waals surface area contributed by atoms with Crippen molar-refractivity contribution in [1.29, 1.82) is 0 Å². The Labute approximate surface area is 202 Å². The first-order chi connectivity index (χ1) is 16.2. The highest BCUT2D eigenvalue weighted by Crippen LogP contribution is 2.38. The highest BCUT2D eigenvalue weighted by Gasteiger charge is 2.31. The number of rotatable bonds is 8. The zero-order chi connectivity index (χ0) is 24.3. The number of hydrogen-bond donors (Lipinski definition) is 0. The number of hydrogen-bond acceptors (Lipinski definition) is 6. The van der Waals surface area contributed by atoms with E-state index in [2.05, 4.69) is 9.64 Å². The van der Waals surface area contributed by atoms with E-state index in [1.807, 2.05) is 31.2 Å². The fraction of sp³-hybridized carbons (Fsp3) is 0.391. The maximum absolute atomic E-state index is 12.5. The van der Waals surface area contributed by atoms with Gasteiger partial charge in [0.15, 0.2) is 0 Å². The molecule has 0 aliphatic carbocycles. The predicted molar refractivity (Wildman–Crippen MR) is 126 cm³/mol. The van der Waals surface area contributed by atoms with Crippen molar-refractivity contribution >= 4 is 37.7 Å². The third kappa shape index (κ3) is 6.08. The molecule has 1 fully saturated rings. The SMILES string of the molecule is Cc1c(N(CC(Cc2ccc(OC(F)(F)F)cc2)N2CCOCC2)S(=O)[O-])sc2ccccc12. The van der Waals surface area contributed by atoms with Gasteiger partial charge in [-0.25, -0.2) is 0 Å². The molecule has 2 aromatic carbocycles. The van der Waals surface area contributed by atoms with Crippen molar-refractivity contribution in [2.75, 3.05) is 37.2 Å². The van der Waals surface area contributed by atoms with Gasteiger partial charge in [0, 0.05) is 41.6 Å². The Morgan fingerprint density at radius 1 is 1.18 bits per heavy atom. The molecule has 34 heavy (non-hydrogen) atoms. The molecule has 0 bridgehead atoms. The number of halogens is 3. The van der Waals surface area contributed by atoms with E-state index in [0.29, 0.717) is 37.7 Å². The highest BCUT2D eigenvalue weighted by molar-refractivity contribution is 7.81. The van der Waals surface area contributed by atoms with Gasteiger partial charge in [-0.15, -0.1) is 24.5 Å². The Morgan fingerprint density at radius 2 is 1.85 bits per heavy atom. The molecule has 1 aliphatic rings. The summed E-state index contributed by atoms with van der Waals surface area (Å²) in [5.74, 6) is -0.289. The quantitative estimate of drug-likeness (QED) is 0.410. The Balaban J connectivity index is 1.59. The van der Waals surface area contributed by atoms with Crippen LogP contribution in [0.2, 0.25) is 0 Å². The Kier molecular flexibility index (Phi) is 7.78. The molecule has 1 saturated heterocycles. The molecule has 2 atom stereocenters. The monoisotopic (exact) mass is 513 g/mol. The van der Waals surface area contributed by atoms with E-state index in [1.165, 1.54) is 27.8 Å². The number of morpholine rings is 1. The first-order valence-corrected chi connectivity index (χ1v) is 12.6. The van der Waals surface area contributed by atoms with Crippen LogP contribution in [0.4, 0.5) is 18.2 Å². The van der Waals surface area contributed by atoms with Crippen molar-refractivity contribution in [2.45, 2.75) is 25.7 Å². The van der Waals surface area contributed by atoms with Crippen LogP contribution in [0, 0.1) is 6.92 Å². The Bertz CT molecular complexity index is 1130. The van der Waals surface area contributed by atoms with Crippen molar-refractivity contribution in [3.05, 3.63) is 59.7 Å². The Morgan fingerprint density at radius 3 is 2.47 bits per heavy atom. The lowest BCUT2D eigenvalue weighted by molar-refractivity contribution is -0.274. The lowest BCUT2D eigenvalue weighted by Gasteiger charge is -2.38. The fourth-order valence-electron chi connectivity index (χ4n) is 4.15. The van der Waals surface area contributed by atoms with Crippen molar-refractivity contribution < 1.29 is 31.4 Å².